The Bertz CT molecular complexity index is 1070. The Balaban J connectivity index is 1.59. The van der Waals surface area contributed by atoms with Gasteiger partial charge in [0.05, 0.1) is 10.6 Å². The number of piperidine rings is 1. The first-order chi connectivity index (χ1) is 14.6. The third-order valence-corrected chi connectivity index (χ3v) is 6.85. The third-order valence-electron chi connectivity index (χ3n) is 4.96. The number of carbonyl (C=O) groups excluding carboxylic acids is 1. The molecule has 1 aliphatic heterocycles. The SMILES string of the molecule is O=C(Nc1ccc(Cl)c(C(F)(F)F)c1)C1CCN(S(=O)(=O)/C=C/c2ccccc2)CC1. The molecule has 1 fully saturated rings. The van der Waals surface area contributed by atoms with Crippen LogP contribution in [-0.2, 0) is 21.0 Å². The molecule has 0 atom stereocenters. The zero-order valence-corrected chi connectivity index (χ0v) is 17.8. The Morgan fingerprint density at radius 2 is 1.74 bits per heavy atom. The average Bonchev–Trinajstić information content (AvgIpc) is 2.74. The van der Waals surface area contributed by atoms with Crippen molar-refractivity contribution in [3.05, 3.63) is 70.1 Å². The number of anilines is 1. The summed E-state index contributed by atoms with van der Waals surface area (Å²) in [5.74, 6) is -0.957. The number of hydrogen-bond donors (Lipinski definition) is 1. The van der Waals surface area contributed by atoms with Crippen LogP contribution < -0.4 is 5.32 Å². The summed E-state index contributed by atoms with van der Waals surface area (Å²) in [5, 5.41) is 3.15. The van der Waals surface area contributed by atoms with Crippen LogP contribution in [0.5, 0.6) is 0 Å². The summed E-state index contributed by atoms with van der Waals surface area (Å²) in [6.45, 7) is 0.294. The number of rotatable bonds is 5. The second-order valence-corrected chi connectivity index (χ2v) is 9.34. The fraction of sp³-hybridized carbons (Fsp3) is 0.286. The molecule has 1 amide bonds. The van der Waals surface area contributed by atoms with Crippen molar-refractivity contribution in [2.75, 3.05) is 18.4 Å². The molecule has 1 aliphatic rings. The number of amides is 1. The van der Waals surface area contributed by atoms with Crippen molar-refractivity contribution in [3.8, 4) is 0 Å². The van der Waals surface area contributed by atoms with Crippen LogP contribution in [0.3, 0.4) is 0 Å². The van der Waals surface area contributed by atoms with Crippen LogP contribution in [0.15, 0.2) is 53.9 Å². The number of alkyl halides is 3. The van der Waals surface area contributed by atoms with Gasteiger partial charge in [-0.1, -0.05) is 41.9 Å². The molecular weight excluding hydrogens is 453 g/mol. The van der Waals surface area contributed by atoms with E-state index in [1.807, 2.05) is 6.07 Å². The van der Waals surface area contributed by atoms with Gasteiger partial charge < -0.3 is 5.32 Å². The molecule has 0 unspecified atom stereocenters. The van der Waals surface area contributed by atoms with Crippen molar-refractivity contribution in [2.24, 2.45) is 5.92 Å². The monoisotopic (exact) mass is 472 g/mol. The van der Waals surface area contributed by atoms with Gasteiger partial charge in [0.1, 0.15) is 0 Å². The van der Waals surface area contributed by atoms with Crippen LogP contribution >= 0.6 is 11.6 Å². The van der Waals surface area contributed by atoms with Crippen LogP contribution in [0, 0.1) is 5.92 Å². The van der Waals surface area contributed by atoms with E-state index in [-0.39, 0.29) is 31.6 Å². The topological polar surface area (TPSA) is 66.5 Å². The van der Waals surface area contributed by atoms with Gasteiger partial charge >= 0.3 is 6.18 Å². The van der Waals surface area contributed by atoms with Gasteiger partial charge in [-0.15, -0.1) is 0 Å². The Labute approximate surface area is 183 Å². The van der Waals surface area contributed by atoms with Crippen molar-refractivity contribution < 1.29 is 26.4 Å². The maximum Gasteiger partial charge on any atom is 0.417 e. The van der Waals surface area contributed by atoms with Gasteiger partial charge in [0.2, 0.25) is 15.9 Å². The minimum Gasteiger partial charge on any atom is -0.326 e. The summed E-state index contributed by atoms with van der Waals surface area (Å²) < 4.78 is 65.3. The molecule has 1 N–H and O–H groups in total. The largest absolute Gasteiger partial charge is 0.417 e. The zero-order chi connectivity index (χ0) is 22.6. The molecule has 1 saturated heterocycles. The van der Waals surface area contributed by atoms with Gasteiger partial charge in [-0.25, -0.2) is 8.42 Å². The first-order valence-electron chi connectivity index (χ1n) is 9.47. The highest BCUT2D eigenvalue weighted by atomic mass is 35.5. The highest BCUT2D eigenvalue weighted by Crippen LogP contribution is 2.36. The van der Waals surface area contributed by atoms with Crippen LogP contribution in [0.4, 0.5) is 18.9 Å². The second kappa shape index (κ2) is 9.42. The van der Waals surface area contributed by atoms with E-state index in [0.29, 0.717) is 0 Å². The van der Waals surface area contributed by atoms with E-state index in [1.54, 1.807) is 24.3 Å². The average molecular weight is 473 g/mol. The number of sulfonamides is 1. The molecule has 0 aromatic heterocycles. The molecule has 0 saturated carbocycles. The first-order valence-corrected chi connectivity index (χ1v) is 11.4. The summed E-state index contributed by atoms with van der Waals surface area (Å²) >= 11 is 5.59. The van der Waals surface area contributed by atoms with Crippen molar-refractivity contribution in [1.29, 1.82) is 0 Å². The molecule has 0 bridgehead atoms. The molecule has 10 heteroatoms. The van der Waals surface area contributed by atoms with Gasteiger partial charge in [-0.2, -0.15) is 17.5 Å². The molecule has 31 heavy (non-hydrogen) atoms. The summed E-state index contributed by atoms with van der Waals surface area (Å²) in [6, 6.07) is 12.2. The molecule has 5 nitrogen and oxygen atoms in total. The Kier molecular flexibility index (Phi) is 7.08. The van der Waals surface area contributed by atoms with E-state index in [2.05, 4.69) is 5.32 Å². The van der Waals surface area contributed by atoms with Gasteiger partial charge in [0.25, 0.3) is 0 Å². The lowest BCUT2D eigenvalue weighted by Gasteiger charge is -2.29. The molecule has 166 valence electrons. The summed E-state index contributed by atoms with van der Waals surface area (Å²) in [5.41, 5.74) is -0.290. The maximum absolute atomic E-state index is 13.0. The first kappa shape index (κ1) is 23.3. The minimum atomic E-state index is -4.63. The van der Waals surface area contributed by atoms with Crippen molar-refractivity contribution >= 4 is 39.3 Å². The molecule has 3 rings (SSSR count). The second-order valence-electron chi connectivity index (χ2n) is 7.11. The van der Waals surface area contributed by atoms with E-state index in [9.17, 15) is 26.4 Å². The van der Waals surface area contributed by atoms with E-state index in [1.165, 1.54) is 16.4 Å². The number of benzene rings is 2. The molecule has 1 heterocycles. The van der Waals surface area contributed by atoms with Crippen LogP contribution in [0.25, 0.3) is 6.08 Å². The van der Waals surface area contributed by atoms with Crippen LogP contribution in [0.1, 0.15) is 24.0 Å². The van der Waals surface area contributed by atoms with Gasteiger partial charge in [0.15, 0.2) is 0 Å². The molecule has 2 aromatic carbocycles. The third kappa shape index (κ3) is 6.09. The predicted octanol–water partition coefficient (Wildman–Crippen LogP) is 5.01. The van der Waals surface area contributed by atoms with E-state index < -0.39 is 38.6 Å². The van der Waals surface area contributed by atoms with E-state index >= 15 is 0 Å². The van der Waals surface area contributed by atoms with Crippen molar-refractivity contribution in [3.63, 3.8) is 0 Å². The molecule has 2 aromatic rings. The fourth-order valence-electron chi connectivity index (χ4n) is 3.25. The molecule has 0 aliphatic carbocycles. The number of halogens is 4. The molecular formula is C21H20ClF3N2O3S. The Hall–Kier alpha value is -2.36. The molecule has 0 spiro atoms. The highest BCUT2D eigenvalue weighted by molar-refractivity contribution is 7.92. The maximum atomic E-state index is 13.0. The number of hydrogen-bond acceptors (Lipinski definition) is 3. The van der Waals surface area contributed by atoms with E-state index in [0.717, 1.165) is 23.1 Å². The number of nitrogens with one attached hydrogen (secondary N) is 1. The molecule has 0 radical (unpaired) electrons. The number of nitrogens with zero attached hydrogens (tertiary/aromatic N) is 1. The predicted molar refractivity (Wildman–Crippen MR) is 114 cm³/mol. The van der Waals surface area contributed by atoms with Crippen molar-refractivity contribution in [1.82, 2.24) is 4.31 Å². The summed E-state index contributed by atoms with van der Waals surface area (Å²) in [6.07, 6.45) is -2.59. The zero-order valence-electron chi connectivity index (χ0n) is 16.3. The normalized spacial score (nSPS) is 16.5. The minimum absolute atomic E-state index is 0.0115. The lowest BCUT2D eigenvalue weighted by molar-refractivity contribution is -0.137. The summed E-state index contributed by atoms with van der Waals surface area (Å²) in [7, 11) is -3.63. The number of carbonyl (C=O) groups is 1. The standard InChI is InChI=1S/C21H20ClF3N2O3S/c22-19-7-6-17(14-18(19)21(23,24)25)26-20(28)16-8-11-27(12-9-16)31(29,30)13-10-15-4-2-1-3-5-15/h1-7,10,13-14,16H,8-9,11-12H2,(H,26,28)/b13-10+. The highest BCUT2D eigenvalue weighted by Gasteiger charge is 2.34. The van der Waals surface area contributed by atoms with Crippen LogP contribution in [-0.4, -0.2) is 31.7 Å². The Morgan fingerprint density at radius 1 is 1.10 bits per heavy atom. The van der Waals surface area contributed by atoms with Gasteiger partial charge in [-0.3, -0.25) is 4.79 Å². The van der Waals surface area contributed by atoms with E-state index in [4.69, 9.17) is 11.6 Å². The fourth-order valence-corrected chi connectivity index (χ4v) is 4.70. The Morgan fingerprint density at radius 3 is 2.35 bits per heavy atom. The lowest BCUT2D eigenvalue weighted by atomic mass is 9.97. The van der Waals surface area contributed by atoms with Crippen molar-refractivity contribution in [2.45, 2.75) is 19.0 Å². The lowest BCUT2D eigenvalue weighted by Crippen LogP contribution is -2.40. The van der Waals surface area contributed by atoms with Gasteiger partial charge in [-0.05, 0) is 42.7 Å². The summed E-state index contributed by atoms with van der Waals surface area (Å²) in [4.78, 5) is 12.5. The van der Waals surface area contributed by atoms with Crippen LogP contribution in [0.2, 0.25) is 5.02 Å². The quantitative estimate of drug-likeness (QED) is 0.665. The smallest absolute Gasteiger partial charge is 0.326 e. The van der Waals surface area contributed by atoms with Gasteiger partial charge in [0, 0.05) is 30.1 Å².